The Morgan fingerprint density at radius 2 is 1.63 bits per heavy atom. The molecule has 2 amide bonds. The van der Waals surface area contributed by atoms with Gasteiger partial charge in [0.25, 0.3) is 0 Å². The second kappa shape index (κ2) is 17.3. The van der Waals surface area contributed by atoms with Gasteiger partial charge in [0.15, 0.2) is 6.29 Å². The number of hydrogen-bond acceptors (Lipinski definition) is 8. The molecule has 2 saturated heterocycles. The number of carbonyl (C=O) groups is 2. The number of para-hydroxylation sites is 2. The molecule has 0 radical (unpaired) electrons. The summed E-state index contributed by atoms with van der Waals surface area (Å²) in [5.41, 5.74) is 7.49. The van der Waals surface area contributed by atoms with Crippen LogP contribution in [0.25, 0.3) is 22.2 Å². The van der Waals surface area contributed by atoms with Crippen molar-refractivity contribution in [3.8, 4) is 11.1 Å². The largest absolute Gasteiger partial charge is 0.465 e. The van der Waals surface area contributed by atoms with Gasteiger partial charge >= 0.3 is 17.7 Å². The van der Waals surface area contributed by atoms with E-state index in [1.165, 1.54) is 0 Å². The molecule has 0 saturated carbocycles. The molecule has 4 N–H and O–H groups in total. The fourth-order valence-corrected chi connectivity index (χ4v) is 7.42. The van der Waals surface area contributed by atoms with E-state index < -0.39 is 18.3 Å². The number of imidazole rings is 1. The molecule has 7 rings (SSSR count). The average Bonchev–Trinajstić information content (AvgIpc) is 3.55. The molecular formula is C42H47N5O7. The van der Waals surface area contributed by atoms with Gasteiger partial charge in [0, 0.05) is 44.2 Å². The maximum atomic E-state index is 12.9. The molecule has 0 spiro atoms. The summed E-state index contributed by atoms with van der Waals surface area (Å²) in [7, 11) is 0. The molecule has 282 valence electrons. The fraction of sp³-hybridized carbons (Fsp3) is 0.357. The normalized spacial score (nSPS) is 19.4. The van der Waals surface area contributed by atoms with Crippen LogP contribution >= 0.6 is 0 Å². The molecule has 5 aromatic rings. The minimum absolute atomic E-state index is 0.0149. The van der Waals surface area contributed by atoms with E-state index in [4.69, 9.17) is 14.2 Å². The highest BCUT2D eigenvalue weighted by atomic mass is 16.7. The number of likely N-dealkylation sites (tertiary alicyclic amines) is 1. The van der Waals surface area contributed by atoms with Gasteiger partial charge in [-0.05, 0) is 65.8 Å². The zero-order valence-corrected chi connectivity index (χ0v) is 30.4. The number of aliphatic hydroxyl groups excluding tert-OH is 1. The minimum Gasteiger partial charge on any atom is -0.465 e. The molecule has 2 fully saturated rings. The lowest BCUT2D eigenvalue weighted by atomic mass is 9.98. The summed E-state index contributed by atoms with van der Waals surface area (Å²) in [6, 6.07) is 31.6. The quantitative estimate of drug-likeness (QED) is 0.119. The number of nitrogens with zero attached hydrogens (tertiary/aromatic N) is 2. The van der Waals surface area contributed by atoms with Gasteiger partial charge in [-0.1, -0.05) is 78.9 Å². The molecule has 1 aromatic heterocycles. The molecule has 0 aliphatic carbocycles. The molecule has 2 aliphatic heterocycles. The first-order chi connectivity index (χ1) is 26.4. The van der Waals surface area contributed by atoms with Gasteiger partial charge in [0.2, 0.25) is 0 Å². The number of H-pyrrole nitrogens is 1. The summed E-state index contributed by atoms with van der Waals surface area (Å²) >= 11 is 0. The van der Waals surface area contributed by atoms with Crippen molar-refractivity contribution in [2.24, 2.45) is 0 Å². The number of amides is 2. The van der Waals surface area contributed by atoms with Crippen molar-refractivity contribution in [2.45, 2.75) is 63.9 Å². The van der Waals surface area contributed by atoms with E-state index in [1.54, 1.807) is 6.92 Å². The summed E-state index contributed by atoms with van der Waals surface area (Å²) in [6.07, 6.45) is 1.59. The van der Waals surface area contributed by atoms with Crippen molar-refractivity contribution in [3.05, 3.63) is 130 Å². The van der Waals surface area contributed by atoms with E-state index in [-0.39, 0.29) is 43.7 Å². The smallest absolute Gasteiger partial charge is 0.326 e. The number of urea groups is 1. The van der Waals surface area contributed by atoms with Gasteiger partial charge in [-0.2, -0.15) is 0 Å². The van der Waals surface area contributed by atoms with E-state index in [9.17, 15) is 19.5 Å². The van der Waals surface area contributed by atoms with Gasteiger partial charge in [0.05, 0.1) is 36.5 Å². The molecule has 12 nitrogen and oxygen atoms in total. The van der Waals surface area contributed by atoms with Gasteiger partial charge in [-0.25, -0.2) is 9.59 Å². The van der Waals surface area contributed by atoms with Crippen molar-refractivity contribution in [1.82, 2.24) is 25.1 Å². The maximum Gasteiger partial charge on any atom is 0.326 e. The molecule has 3 atom stereocenters. The Balaban J connectivity index is 1.01. The van der Waals surface area contributed by atoms with Crippen molar-refractivity contribution in [3.63, 3.8) is 0 Å². The molecular weight excluding hydrogens is 686 g/mol. The number of esters is 1. The lowest BCUT2D eigenvalue weighted by Gasteiger charge is -2.40. The number of aliphatic hydroxyl groups is 1. The average molecular weight is 734 g/mol. The SMILES string of the molecule is CCOC(=O)CNC(=O)NCc1cccc(-c2ccc(C3OC(CN4CCC(n5c(=O)[nH]c6ccccc65)CC4)CC(c4ccc(CO)cc4)O3)cc2)c1. The lowest BCUT2D eigenvalue weighted by molar-refractivity contribution is -0.253. The minimum atomic E-state index is -0.577. The number of rotatable bonds is 12. The number of aromatic nitrogens is 2. The molecule has 4 aromatic carbocycles. The Kier molecular flexibility index (Phi) is 11.8. The first-order valence-corrected chi connectivity index (χ1v) is 18.7. The second-order valence-corrected chi connectivity index (χ2v) is 13.9. The van der Waals surface area contributed by atoms with Crippen LogP contribution in [0.15, 0.2) is 102 Å². The summed E-state index contributed by atoms with van der Waals surface area (Å²) in [5, 5.41) is 14.9. The van der Waals surface area contributed by atoms with Crippen LogP contribution in [0, 0.1) is 0 Å². The predicted octanol–water partition coefficient (Wildman–Crippen LogP) is 5.73. The molecule has 0 bridgehead atoms. The number of aromatic amines is 1. The fourth-order valence-electron chi connectivity index (χ4n) is 7.42. The Morgan fingerprint density at radius 1 is 0.870 bits per heavy atom. The van der Waals surface area contributed by atoms with E-state index in [1.807, 2.05) is 102 Å². The third kappa shape index (κ3) is 8.91. The Labute approximate surface area is 314 Å². The highest BCUT2D eigenvalue weighted by molar-refractivity contribution is 5.80. The van der Waals surface area contributed by atoms with Crippen molar-refractivity contribution < 1.29 is 28.9 Å². The van der Waals surface area contributed by atoms with Crippen LogP contribution in [0.1, 0.15) is 66.9 Å². The van der Waals surface area contributed by atoms with E-state index in [0.29, 0.717) is 13.0 Å². The number of ether oxygens (including phenoxy) is 3. The third-order valence-corrected chi connectivity index (χ3v) is 10.2. The zero-order valence-electron chi connectivity index (χ0n) is 30.4. The van der Waals surface area contributed by atoms with Crippen LogP contribution in [0.4, 0.5) is 4.79 Å². The highest BCUT2D eigenvalue weighted by Gasteiger charge is 2.34. The van der Waals surface area contributed by atoms with E-state index >= 15 is 0 Å². The van der Waals surface area contributed by atoms with Gasteiger partial charge in [-0.3, -0.25) is 9.36 Å². The number of nitrogens with one attached hydrogen (secondary N) is 3. The van der Waals surface area contributed by atoms with Crippen molar-refractivity contribution >= 4 is 23.0 Å². The highest BCUT2D eigenvalue weighted by Crippen LogP contribution is 2.39. The number of carbonyl (C=O) groups excluding carboxylic acids is 2. The predicted molar refractivity (Wildman–Crippen MR) is 204 cm³/mol. The first kappa shape index (κ1) is 37.1. The summed E-state index contributed by atoms with van der Waals surface area (Å²) in [4.78, 5) is 42.0. The van der Waals surface area contributed by atoms with Crippen LogP contribution in [-0.4, -0.2) is 70.4 Å². The van der Waals surface area contributed by atoms with Gasteiger partial charge in [-0.15, -0.1) is 0 Å². The third-order valence-electron chi connectivity index (χ3n) is 10.2. The first-order valence-electron chi connectivity index (χ1n) is 18.7. The second-order valence-electron chi connectivity index (χ2n) is 13.9. The summed E-state index contributed by atoms with van der Waals surface area (Å²) in [5.74, 6) is -0.484. The van der Waals surface area contributed by atoms with Crippen LogP contribution < -0.4 is 16.3 Å². The topological polar surface area (TPSA) is 147 Å². The molecule has 12 heteroatoms. The van der Waals surface area contributed by atoms with Gasteiger partial charge < -0.3 is 39.8 Å². The van der Waals surface area contributed by atoms with Crippen molar-refractivity contribution in [1.29, 1.82) is 0 Å². The van der Waals surface area contributed by atoms with Crippen LogP contribution in [0.3, 0.4) is 0 Å². The summed E-state index contributed by atoms with van der Waals surface area (Å²) < 4.78 is 20.1. The van der Waals surface area contributed by atoms with E-state index in [2.05, 4.69) is 20.5 Å². The number of benzene rings is 4. The monoisotopic (exact) mass is 733 g/mol. The standard InChI is InChI=1S/C42H47N5O7/c1-2-52-39(49)25-44-41(50)43-24-29-6-5-7-33(22-29)30-14-16-32(17-15-30)40-53-35(23-38(54-40)31-12-10-28(27-48)11-13-31)26-46-20-18-34(19-21-46)47-37-9-4-3-8-36(37)45-42(47)51/h3-17,22,34-35,38,40,48H,2,18-21,23-27H2,1H3,(H,45,51)(H2,43,44,50). The number of hydrogen-bond donors (Lipinski definition) is 4. The Hall–Kier alpha value is -5.27. The zero-order chi connectivity index (χ0) is 37.4. The van der Waals surface area contributed by atoms with Crippen LogP contribution in [0.2, 0.25) is 0 Å². The number of fused-ring (bicyclic) bond motifs is 1. The Bertz CT molecular complexity index is 2090. The Morgan fingerprint density at radius 3 is 2.39 bits per heavy atom. The molecule has 2 aliphatic rings. The van der Waals surface area contributed by atoms with Crippen LogP contribution in [0.5, 0.6) is 0 Å². The lowest BCUT2D eigenvalue weighted by Crippen LogP contribution is -2.43. The maximum absolute atomic E-state index is 12.9. The van der Waals surface area contributed by atoms with Crippen LogP contribution in [-0.2, 0) is 32.2 Å². The van der Waals surface area contributed by atoms with E-state index in [0.717, 1.165) is 76.9 Å². The summed E-state index contributed by atoms with van der Waals surface area (Å²) in [6.45, 7) is 4.54. The molecule has 3 unspecified atom stereocenters. The molecule has 54 heavy (non-hydrogen) atoms. The number of piperidine rings is 1. The van der Waals surface area contributed by atoms with Crippen molar-refractivity contribution in [2.75, 3.05) is 32.8 Å². The molecule has 3 heterocycles. The van der Waals surface area contributed by atoms with Gasteiger partial charge in [0.1, 0.15) is 6.54 Å².